The number of hydrogen-bond donors (Lipinski definition) is 3. The van der Waals surface area contributed by atoms with Gasteiger partial charge in [0.1, 0.15) is 5.56 Å². The van der Waals surface area contributed by atoms with Gasteiger partial charge in [0, 0.05) is 5.56 Å². The van der Waals surface area contributed by atoms with Crippen molar-refractivity contribution in [3.05, 3.63) is 30.0 Å². The summed E-state index contributed by atoms with van der Waals surface area (Å²) in [6.07, 6.45) is 1.23. The summed E-state index contributed by atoms with van der Waals surface area (Å²) >= 11 is 0. The van der Waals surface area contributed by atoms with Gasteiger partial charge in [-0.2, -0.15) is 5.10 Å². The summed E-state index contributed by atoms with van der Waals surface area (Å²) in [5, 5.41) is 24.7. The van der Waals surface area contributed by atoms with Crippen LogP contribution in [0.1, 0.15) is 10.4 Å². The highest BCUT2D eigenvalue weighted by Gasteiger charge is 2.15. The highest BCUT2D eigenvalue weighted by atomic mass is 16.5. The summed E-state index contributed by atoms with van der Waals surface area (Å²) < 4.78 is 4.95. The Morgan fingerprint density at radius 2 is 2.24 bits per heavy atom. The third-order valence-corrected chi connectivity index (χ3v) is 2.34. The number of phenols is 1. The number of aromatic hydroxyl groups is 1. The van der Waals surface area contributed by atoms with E-state index in [0.29, 0.717) is 11.3 Å². The highest BCUT2D eigenvalue weighted by Crippen LogP contribution is 2.31. The van der Waals surface area contributed by atoms with Crippen molar-refractivity contribution in [1.82, 2.24) is 10.2 Å². The Morgan fingerprint density at radius 1 is 1.47 bits per heavy atom. The molecule has 0 aliphatic heterocycles. The molecule has 0 fully saturated rings. The lowest BCUT2D eigenvalue weighted by molar-refractivity contribution is 0.0698. The molecule has 1 aromatic carbocycles. The minimum Gasteiger partial charge on any atom is -0.504 e. The molecule has 0 saturated heterocycles. The van der Waals surface area contributed by atoms with Gasteiger partial charge in [0.15, 0.2) is 11.5 Å². The van der Waals surface area contributed by atoms with E-state index in [1.54, 1.807) is 6.07 Å². The molecule has 0 atom stereocenters. The summed E-state index contributed by atoms with van der Waals surface area (Å²) in [6, 6.07) is 4.55. The first-order chi connectivity index (χ1) is 8.13. The molecule has 1 aromatic heterocycles. The molecule has 2 rings (SSSR count). The zero-order valence-corrected chi connectivity index (χ0v) is 8.97. The number of aromatic amines is 1. The number of hydrogen-bond acceptors (Lipinski definition) is 4. The number of aromatic nitrogens is 2. The first-order valence-corrected chi connectivity index (χ1v) is 4.77. The number of methoxy groups -OCH3 is 1. The van der Waals surface area contributed by atoms with Gasteiger partial charge in [-0.25, -0.2) is 4.79 Å². The monoisotopic (exact) mass is 234 g/mol. The van der Waals surface area contributed by atoms with Crippen molar-refractivity contribution >= 4 is 5.97 Å². The summed E-state index contributed by atoms with van der Waals surface area (Å²) in [7, 11) is 1.42. The number of nitrogens with one attached hydrogen (secondary N) is 1. The second-order valence-electron chi connectivity index (χ2n) is 3.35. The first-order valence-electron chi connectivity index (χ1n) is 4.77. The summed E-state index contributed by atoms with van der Waals surface area (Å²) in [4.78, 5) is 10.9. The normalized spacial score (nSPS) is 10.2. The molecule has 0 amide bonds. The topological polar surface area (TPSA) is 95.4 Å². The highest BCUT2D eigenvalue weighted by molar-refractivity contribution is 5.94. The number of rotatable bonds is 3. The Labute approximate surface area is 96.5 Å². The molecule has 0 spiro atoms. The molecule has 0 saturated carbocycles. The number of nitrogens with zero attached hydrogens (tertiary/aromatic N) is 1. The number of ether oxygens (including phenoxy) is 1. The van der Waals surface area contributed by atoms with Crippen molar-refractivity contribution in [2.45, 2.75) is 0 Å². The lowest BCUT2D eigenvalue weighted by Crippen LogP contribution is -1.97. The van der Waals surface area contributed by atoms with E-state index < -0.39 is 5.97 Å². The summed E-state index contributed by atoms with van der Waals surface area (Å²) in [5.41, 5.74) is 1.02. The number of benzene rings is 1. The fourth-order valence-electron chi connectivity index (χ4n) is 1.50. The molecule has 0 aliphatic carbocycles. The quantitative estimate of drug-likeness (QED) is 0.747. The Balaban J connectivity index is 2.53. The second kappa shape index (κ2) is 4.17. The van der Waals surface area contributed by atoms with Gasteiger partial charge < -0.3 is 14.9 Å². The van der Waals surface area contributed by atoms with Crippen LogP contribution < -0.4 is 4.74 Å². The predicted octanol–water partition coefficient (Wildman–Crippen LogP) is 1.49. The van der Waals surface area contributed by atoms with Crippen molar-refractivity contribution in [3.8, 4) is 22.8 Å². The lowest BCUT2D eigenvalue weighted by Gasteiger charge is -2.05. The number of aromatic carboxylic acids is 1. The van der Waals surface area contributed by atoms with Gasteiger partial charge in [-0.05, 0) is 18.2 Å². The molecule has 88 valence electrons. The number of H-pyrrole nitrogens is 1. The van der Waals surface area contributed by atoms with Crippen LogP contribution in [0.25, 0.3) is 11.3 Å². The number of phenolic OH excluding ortho intramolecular Hbond substituents is 1. The minimum atomic E-state index is -1.07. The van der Waals surface area contributed by atoms with E-state index in [4.69, 9.17) is 9.84 Å². The average molecular weight is 234 g/mol. The smallest absolute Gasteiger partial charge is 0.339 e. The third kappa shape index (κ3) is 1.92. The summed E-state index contributed by atoms with van der Waals surface area (Å²) in [5.74, 6) is -0.804. The van der Waals surface area contributed by atoms with Crippen LogP contribution in [-0.4, -0.2) is 33.5 Å². The minimum absolute atomic E-state index is 0.00681. The van der Waals surface area contributed by atoms with E-state index in [1.165, 1.54) is 25.4 Å². The van der Waals surface area contributed by atoms with Gasteiger partial charge in [0.2, 0.25) is 0 Å². The molecule has 6 heteroatoms. The molecule has 3 N–H and O–H groups in total. The molecule has 6 nitrogen and oxygen atoms in total. The van der Waals surface area contributed by atoms with Crippen molar-refractivity contribution < 1.29 is 19.7 Å². The van der Waals surface area contributed by atoms with Gasteiger partial charge in [-0.15, -0.1) is 0 Å². The van der Waals surface area contributed by atoms with Gasteiger partial charge in [-0.1, -0.05) is 0 Å². The average Bonchev–Trinajstić information content (AvgIpc) is 2.78. The Kier molecular flexibility index (Phi) is 2.70. The zero-order chi connectivity index (χ0) is 12.4. The van der Waals surface area contributed by atoms with Gasteiger partial charge in [-0.3, -0.25) is 5.10 Å². The number of carboxylic acids is 1. The van der Waals surface area contributed by atoms with Crippen LogP contribution >= 0.6 is 0 Å². The van der Waals surface area contributed by atoms with Crippen molar-refractivity contribution in [3.63, 3.8) is 0 Å². The van der Waals surface area contributed by atoms with E-state index in [1.807, 2.05) is 0 Å². The fraction of sp³-hybridized carbons (Fsp3) is 0.0909. The van der Waals surface area contributed by atoms with Crippen LogP contribution in [0.3, 0.4) is 0 Å². The lowest BCUT2D eigenvalue weighted by atomic mass is 10.1. The molecule has 2 aromatic rings. The van der Waals surface area contributed by atoms with E-state index in [9.17, 15) is 9.90 Å². The largest absolute Gasteiger partial charge is 0.504 e. The van der Waals surface area contributed by atoms with Crippen LogP contribution in [0, 0.1) is 0 Å². The second-order valence-corrected chi connectivity index (χ2v) is 3.35. The van der Waals surface area contributed by atoms with Crippen LogP contribution in [0.5, 0.6) is 11.5 Å². The number of carboxylic acid groups (broad SMARTS) is 1. The van der Waals surface area contributed by atoms with E-state index in [2.05, 4.69) is 10.2 Å². The Hall–Kier alpha value is -2.50. The standard InChI is InChI=1S/C11H10N2O4/c1-17-9-4-6(2-3-8(9)14)10-7(11(15)16)5-12-13-10/h2-5,14H,1H3,(H,12,13)(H,15,16). The van der Waals surface area contributed by atoms with Crippen molar-refractivity contribution in [1.29, 1.82) is 0 Å². The molecule has 0 aliphatic rings. The van der Waals surface area contributed by atoms with Crippen molar-refractivity contribution in [2.75, 3.05) is 7.11 Å². The van der Waals surface area contributed by atoms with Gasteiger partial charge >= 0.3 is 5.97 Å². The molecular formula is C11H10N2O4. The SMILES string of the molecule is COc1cc(-c2[nH]ncc2C(=O)O)ccc1O. The maximum absolute atomic E-state index is 10.9. The predicted molar refractivity (Wildman–Crippen MR) is 59.2 cm³/mol. The van der Waals surface area contributed by atoms with E-state index >= 15 is 0 Å². The van der Waals surface area contributed by atoms with Gasteiger partial charge in [0.05, 0.1) is 19.0 Å². The molecule has 0 radical (unpaired) electrons. The summed E-state index contributed by atoms with van der Waals surface area (Å²) in [6.45, 7) is 0. The van der Waals surface area contributed by atoms with Crippen LogP contribution in [-0.2, 0) is 0 Å². The molecule has 17 heavy (non-hydrogen) atoms. The van der Waals surface area contributed by atoms with Crippen LogP contribution in [0.15, 0.2) is 24.4 Å². The molecular weight excluding hydrogens is 224 g/mol. The maximum Gasteiger partial charge on any atom is 0.339 e. The van der Waals surface area contributed by atoms with E-state index in [-0.39, 0.29) is 17.1 Å². The van der Waals surface area contributed by atoms with Crippen LogP contribution in [0.2, 0.25) is 0 Å². The van der Waals surface area contributed by atoms with Gasteiger partial charge in [0.25, 0.3) is 0 Å². The Morgan fingerprint density at radius 3 is 2.88 bits per heavy atom. The third-order valence-electron chi connectivity index (χ3n) is 2.34. The molecule has 1 heterocycles. The first kappa shape index (κ1) is 11.0. The molecule has 0 unspecified atom stereocenters. The number of carbonyl (C=O) groups is 1. The van der Waals surface area contributed by atoms with E-state index in [0.717, 1.165) is 0 Å². The van der Waals surface area contributed by atoms with Crippen LogP contribution in [0.4, 0.5) is 0 Å². The fourth-order valence-corrected chi connectivity index (χ4v) is 1.50. The Bertz CT molecular complexity index is 562. The zero-order valence-electron chi connectivity index (χ0n) is 8.97. The maximum atomic E-state index is 10.9. The molecule has 0 bridgehead atoms. The van der Waals surface area contributed by atoms with Crippen molar-refractivity contribution in [2.24, 2.45) is 0 Å².